The molecule has 2 aromatic carbocycles. The summed E-state index contributed by atoms with van der Waals surface area (Å²) < 4.78 is 0.492. The topological polar surface area (TPSA) is 58.4 Å². The molecule has 2 aromatic rings. The maximum atomic E-state index is 12.1. The predicted octanol–water partition coefficient (Wildman–Crippen LogP) is 2.82. The lowest BCUT2D eigenvalue weighted by Gasteiger charge is -2.51. The molecule has 3 N–H and O–H groups in total. The Balaban J connectivity index is 1.64. The fourth-order valence-corrected chi connectivity index (χ4v) is 5.73. The predicted molar refractivity (Wildman–Crippen MR) is 107 cm³/mol. The maximum Gasteiger partial charge on any atom is 0.356 e. The number of para-hydroxylation sites is 1. The van der Waals surface area contributed by atoms with E-state index in [4.69, 9.17) is 5.73 Å². The Morgan fingerprint density at radius 3 is 2.41 bits per heavy atom. The van der Waals surface area contributed by atoms with Crippen LogP contribution < -0.4 is 15.8 Å². The summed E-state index contributed by atoms with van der Waals surface area (Å²) >= 11 is 0. The number of primary amides is 1. The number of fused-ring (bicyclic) bond motifs is 4. The average molecular weight is 363 g/mol. The van der Waals surface area contributed by atoms with Crippen LogP contribution >= 0.6 is 0 Å². The highest BCUT2D eigenvalue weighted by molar-refractivity contribution is 5.75. The second kappa shape index (κ2) is 6.36. The molecular formula is C22H27N4O+. The molecule has 0 spiro atoms. The number of carbonyl (C=O) groups is 1. The fourth-order valence-electron chi connectivity index (χ4n) is 5.73. The third kappa shape index (κ3) is 2.65. The van der Waals surface area contributed by atoms with Crippen molar-refractivity contribution in [2.45, 2.75) is 24.8 Å². The van der Waals surface area contributed by atoms with Gasteiger partial charge in [-0.1, -0.05) is 48.5 Å². The first-order valence-electron chi connectivity index (χ1n) is 9.99. The summed E-state index contributed by atoms with van der Waals surface area (Å²) in [7, 11) is 0. The van der Waals surface area contributed by atoms with Gasteiger partial charge in [-0.15, -0.1) is 0 Å². The van der Waals surface area contributed by atoms with Crippen LogP contribution in [0.15, 0.2) is 54.6 Å². The van der Waals surface area contributed by atoms with Crippen molar-refractivity contribution in [3.63, 3.8) is 0 Å². The Morgan fingerprint density at radius 1 is 1.04 bits per heavy atom. The number of quaternary nitrogens is 1. The number of nitrogens with zero attached hydrogens (tertiary/aromatic N) is 2. The van der Waals surface area contributed by atoms with Crippen LogP contribution in [0.2, 0.25) is 0 Å². The van der Waals surface area contributed by atoms with Gasteiger partial charge in [-0.2, -0.15) is 10.0 Å². The van der Waals surface area contributed by atoms with Gasteiger partial charge in [0.2, 0.25) is 0 Å². The van der Waals surface area contributed by atoms with Gasteiger partial charge in [0.25, 0.3) is 0 Å². The minimum Gasteiger partial charge on any atom is -0.348 e. The Morgan fingerprint density at radius 2 is 1.74 bits per heavy atom. The zero-order chi connectivity index (χ0) is 18.4. The number of hydrogen-bond acceptors (Lipinski definition) is 2. The second-order valence-corrected chi connectivity index (χ2v) is 8.25. The SMILES string of the molecule is NC(=O)N[N+]1(C2CN3CCC2CC3)CC(c2ccccc2)c2ccccc21. The molecule has 2 bridgehead atoms. The zero-order valence-corrected chi connectivity index (χ0v) is 15.6. The van der Waals surface area contributed by atoms with Crippen LogP contribution in [0.1, 0.15) is 29.9 Å². The zero-order valence-electron chi connectivity index (χ0n) is 15.6. The van der Waals surface area contributed by atoms with Crippen LogP contribution in [-0.4, -0.2) is 43.2 Å². The number of benzene rings is 2. The summed E-state index contributed by atoms with van der Waals surface area (Å²) in [5.41, 5.74) is 12.8. The highest BCUT2D eigenvalue weighted by atomic mass is 16.2. The largest absolute Gasteiger partial charge is 0.356 e. The number of carbonyl (C=O) groups excluding carboxylic acids is 1. The van der Waals surface area contributed by atoms with E-state index in [1.54, 1.807) is 0 Å². The highest BCUT2D eigenvalue weighted by Crippen LogP contribution is 2.48. The maximum absolute atomic E-state index is 12.1. The van der Waals surface area contributed by atoms with Crippen molar-refractivity contribution in [3.8, 4) is 0 Å². The molecule has 0 saturated carbocycles. The number of amides is 2. The number of nitrogens with two attached hydrogens (primary N) is 1. The molecule has 3 unspecified atom stereocenters. The van der Waals surface area contributed by atoms with E-state index in [0.717, 1.165) is 13.1 Å². The fraction of sp³-hybridized carbons (Fsp3) is 0.409. The average Bonchev–Trinajstić information content (AvgIpc) is 3.04. The number of nitrogens with one attached hydrogen (secondary N) is 1. The number of urea groups is 1. The first-order chi connectivity index (χ1) is 13.2. The van der Waals surface area contributed by atoms with Gasteiger partial charge >= 0.3 is 6.03 Å². The van der Waals surface area contributed by atoms with Crippen molar-refractivity contribution >= 4 is 11.7 Å². The van der Waals surface area contributed by atoms with Crippen LogP contribution in [0.4, 0.5) is 10.5 Å². The van der Waals surface area contributed by atoms with Gasteiger partial charge in [0.15, 0.2) is 5.69 Å². The minimum absolute atomic E-state index is 0.268. The van der Waals surface area contributed by atoms with Crippen molar-refractivity contribution in [2.24, 2.45) is 11.7 Å². The standard InChI is InChI=1S/C22H26N4O/c23-22(27)24-26(21-14-25-12-10-17(21)11-13-25)15-19(16-6-2-1-3-7-16)18-8-4-5-9-20(18)26/h1-9,17,19,21H,10-15H2,(H2-,23,24,27)/p+1. The van der Waals surface area contributed by atoms with Gasteiger partial charge in [0.05, 0.1) is 12.5 Å². The molecule has 3 saturated heterocycles. The van der Waals surface area contributed by atoms with E-state index in [9.17, 15) is 4.79 Å². The summed E-state index contributed by atoms with van der Waals surface area (Å²) in [5, 5.41) is 0. The molecule has 0 aliphatic carbocycles. The Labute approximate surface area is 160 Å². The van der Waals surface area contributed by atoms with E-state index < -0.39 is 6.03 Å². The molecule has 4 aliphatic heterocycles. The van der Waals surface area contributed by atoms with Crippen LogP contribution in [0.5, 0.6) is 0 Å². The van der Waals surface area contributed by atoms with E-state index in [1.165, 1.54) is 42.7 Å². The molecule has 4 aliphatic rings. The molecule has 140 valence electrons. The first kappa shape index (κ1) is 16.8. The molecular weight excluding hydrogens is 336 g/mol. The molecule has 5 heteroatoms. The number of hydrogen-bond donors (Lipinski definition) is 2. The molecule has 0 radical (unpaired) electrons. The summed E-state index contributed by atoms with van der Waals surface area (Å²) in [6.45, 7) is 4.23. The third-order valence-electron chi connectivity index (χ3n) is 6.91. The van der Waals surface area contributed by atoms with E-state index >= 15 is 0 Å². The summed E-state index contributed by atoms with van der Waals surface area (Å²) in [5.74, 6) is 0.897. The smallest absolute Gasteiger partial charge is 0.348 e. The lowest BCUT2D eigenvalue weighted by Crippen LogP contribution is -2.74. The van der Waals surface area contributed by atoms with Gasteiger partial charge in [-0.25, -0.2) is 4.79 Å². The molecule has 5 nitrogen and oxygen atoms in total. The molecule has 2 amide bonds. The minimum atomic E-state index is -0.435. The summed E-state index contributed by atoms with van der Waals surface area (Å²) in [6, 6.07) is 19.2. The van der Waals surface area contributed by atoms with E-state index in [2.05, 4.69) is 64.9 Å². The molecule has 0 aromatic heterocycles. The van der Waals surface area contributed by atoms with Gasteiger partial charge < -0.3 is 5.73 Å². The van der Waals surface area contributed by atoms with Crippen molar-refractivity contribution in [1.82, 2.24) is 14.9 Å². The Kier molecular flexibility index (Phi) is 3.95. The Hall–Kier alpha value is -2.37. The van der Waals surface area contributed by atoms with Crippen molar-refractivity contribution < 1.29 is 4.79 Å². The lowest BCUT2D eigenvalue weighted by molar-refractivity contribution is -0.00379. The molecule has 27 heavy (non-hydrogen) atoms. The molecule has 4 heterocycles. The quantitative estimate of drug-likeness (QED) is 0.824. The van der Waals surface area contributed by atoms with Crippen molar-refractivity contribution in [3.05, 3.63) is 65.7 Å². The van der Waals surface area contributed by atoms with Crippen molar-refractivity contribution in [2.75, 3.05) is 26.2 Å². The monoisotopic (exact) mass is 363 g/mol. The summed E-state index contributed by atoms with van der Waals surface area (Å²) in [4.78, 5) is 14.7. The highest BCUT2D eigenvalue weighted by Gasteiger charge is 2.56. The number of piperidine rings is 3. The van der Waals surface area contributed by atoms with Gasteiger partial charge in [-0.3, -0.25) is 4.90 Å². The third-order valence-corrected chi connectivity index (χ3v) is 6.91. The van der Waals surface area contributed by atoms with Crippen LogP contribution in [0, 0.1) is 5.92 Å². The Bertz CT molecular complexity index is 846. The van der Waals surface area contributed by atoms with Crippen LogP contribution in [0.3, 0.4) is 0 Å². The van der Waals surface area contributed by atoms with Gasteiger partial charge in [0, 0.05) is 17.5 Å². The second-order valence-electron chi connectivity index (χ2n) is 8.25. The van der Waals surface area contributed by atoms with Gasteiger partial charge in [0.1, 0.15) is 12.6 Å². The van der Waals surface area contributed by atoms with Crippen LogP contribution in [-0.2, 0) is 0 Å². The van der Waals surface area contributed by atoms with Crippen molar-refractivity contribution in [1.29, 1.82) is 0 Å². The van der Waals surface area contributed by atoms with E-state index in [1.807, 2.05) is 0 Å². The molecule has 6 rings (SSSR count). The lowest BCUT2D eigenvalue weighted by atomic mass is 9.82. The number of rotatable bonds is 3. The van der Waals surface area contributed by atoms with E-state index in [-0.39, 0.29) is 5.92 Å². The first-order valence-corrected chi connectivity index (χ1v) is 9.99. The van der Waals surface area contributed by atoms with E-state index in [0.29, 0.717) is 16.6 Å². The summed E-state index contributed by atoms with van der Waals surface area (Å²) in [6.07, 6.45) is 2.42. The molecule has 3 atom stereocenters. The molecule has 3 fully saturated rings. The van der Waals surface area contributed by atoms with Crippen LogP contribution in [0.25, 0.3) is 0 Å². The van der Waals surface area contributed by atoms with Gasteiger partial charge in [-0.05, 0) is 31.5 Å². The normalized spacial score (nSPS) is 34.2.